The molecular formula is C18H21N5O2. The molecule has 0 unspecified atom stereocenters. The summed E-state index contributed by atoms with van der Waals surface area (Å²) >= 11 is 0. The van der Waals surface area contributed by atoms with Gasteiger partial charge in [-0.25, -0.2) is 4.79 Å². The van der Waals surface area contributed by atoms with Crippen molar-refractivity contribution in [2.75, 3.05) is 11.9 Å². The highest BCUT2D eigenvalue weighted by Crippen LogP contribution is 2.20. The quantitative estimate of drug-likeness (QED) is 0.657. The average molecular weight is 339 g/mol. The Balaban J connectivity index is 2.21. The van der Waals surface area contributed by atoms with Crippen LogP contribution in [0.15, 0.2) is 52.6 Å². The van der Waals surface area contributed by atoms with Crippen LogP contribution in [0.2, 0.25) is 0 Å². The first kappa shape index (κ1) is 16.8. The third-order valence-electron chi connectivity index (χ3n) is 4.24. The van der Waals surface area contributed by atoms with Crippen LogP contribution in [-0.4, -0.2) is 25.7 Å². The summed E-state index contributed by atoms with van der Waals surface area (Å²) in [6.07, 6.45) is 1.71. The zero-order chi connectivity index (χ0) is 18.1. The van der Waals surface area contributed by atoms with Crippen molar-refractivity contribution in [3.05, 3.63) is 69.4 Å². The Labute approximate surface area is 145 Å². The van der Waals surface area contributed by atoms with Crippen LogP contribution in [0.25, 0.3) is 11.2 Å². The molecule has 130 valence electrons. The summed E-state index contributed by atoms with van der Waals surface area (Å²) in [7, 11) is 5.01. The molecule has 25 heavy (non-hydrogen) atoms. The van der Waals surface area contributed by atoms with Gasteiger partial charge in [0.1, 0.15) is 0 Å². The van der Waals surface area contributed by atoms with E-state index in [0.29, 0.717) is 30.2 Å². The van der Waals surface area contributed by atoms with Gasteiger partial charge in [0.25, 0.3) is 5.56 Å². The Morgan fingerprint density at radius 2 is 1.84 bits per heavy atom. The molecule has 0 aliphatic carbocycles. The fourth-order valence-electron chi connectivity index (χ4n) is 2.96. The van der Waals surface area contributed by atoms with Gasteiger partial charge in [-0.2, -0.15) is 4.98 Å². The molecule has 0 N–H and O–H groups in total. The summed E-state index contributed by atoms with van der Waals surface area (Å²) in [5.41, 5.74) is 1.16. The first-order valence-corrected chi connectivity index (χ1v) is 7.98. The molecule has 1 aromatic carbocycles. The topological polar surface area (TPSA) is 65.1 Å². The minimum absolute atomic E-state index is 0.355. The smallest absolute Gasteiger partial charge is 0.332 e. The normalized spacial score (nSPS) is 11.0. The van der Waals surface area contributed by atoms with Crippen LogP contribution >= 0.6 is 0 Å². The van der Waals surface area contributed by atoms with E-state index in [0.717, 1.165) is 10.1 Å². The van der Waals surface area contributed by atoms with Crippen molar-refractivity contribution in [3.63, 3.8) is 0 Å². The highest BCUT2D eigenvalue weighted by molar-refractivity contribution is 5.74. The molecule has 0 spiro atoms. The van der Waals surface area contributed by atoms with Crippen LogP contribution in [0.5, 0.6) is 0 Å². The van der Waals surface area contributed by atoms with E-state index in [9.17, 15) is 9.59 Å². The van der Waals surface area contributed by atoms with Crippen molar-refractivity contribution in [1.29, 1.82) is 0 Å². The molecule has 0 bridgehead atoms. The van der Waals surface area contributed by atoms with Gasteiger partial charge in [-0.15, -0.1) is 6.58 Å². The standard InChI is InChI=1S/C18H21N5O2/c1-5-11-23-14-15(21(3)18(25)22(4)16(14)24)19-17(23)20(2)12-13-9-7-6-8-10-13/h5-10H,1,11-12H2,2-4H3. The van der Waals surface area contributed by atoms with Gasteiger partial charge < -0.3 is 9.47 Å². The van der Waals surface area contributed by atoms with Crippen molar-refractivity contribution in [2.24, 2.45) is 14.1 Å². The van der Waals surface area contributed by atoms with Gasteiger partial charge >= 0.3 is 5.69 Å². The van der Waals surface area contributed by atoms with E-state index in [1.165, 1.54) is 11.6 Å². The number of nitrogens with zero attached hydrogens (tertiary/aromatic N) is 5. The lowest BCUT2D eigenvalue weighted by molar-refractivity contribution is 0.703. The molecule has 0 radical (unpaired) electrons. The zero-order valence-electron chi connectivity index (χ0n) is 14.6. The second kappa shape index (κ2) is 6.43. The van der Waals surface area contributed by atoms with E-state index in [2.05, 4.69) is 11.6 Å². The van der Waals surface area contributed by atoms with Crippen molar-refractivity contribution in [3.8, 4) is 0 Å². The molecule has 0 saturated carbocycles. The summed E-state index contributed by atoms with van der Waals surface area (Å²) in [6, 6.07) is 10.00. The van der Waals surface area contributed by atoms with E-state index >= 15 is 0 Å². The van der Waals surface area contributed by atoms with E-state index in [4.69, 9.17) is 0 Å². The largest absolute Gasteiger partial charge is 0.341 e. The summed E-state index contributed by atoms with van der Waals surface area (Å²) in [5, 5.41) is 0. The molecule has 0 aliphatic rings. The Hall–Kier alpha value is -3.09. The lowest BCUT2D eigenvalue weighted by atomic mass is 10.2. The zero-order valence-corrected chi connectivity index (χ0v) is 14.6. The minimum Gasteiger partial charge on any atom is -0.341 e. The Morgan fingerprint density at radius 1 is 1.16 bits per heavy atom. The Morgan fingerprint density at radius 3 is 2.48 bits per heavy atom. The van der Waals surface area contributed by atoms with Crippen molar-refractivity contribution in [1.82, 2.24) is 18.7 Å². The maximum Gasteiger partial charge on any atom is 0.332 e. The molecule has 0 atom stereocenters. The van der Waals surface area contributed by atoms with Crippen LogP contribution in [0, 0.1) is 0 Å². The van der Waals surface area contributed by atoms with Crippen molar-refractivity contribution >= 4 is 17.1 Å². The molecule has 2 heterocycles. The van der Waals surface area contributed by atoms with Gasteiger partial charge in [0, 0.05) is 34.2 Å². The molecule has 0 fully saturated rings. The number of rotatable bonds is 5. The average Bonchev–Trinajstić information content (AvgIpc) is 2.99. The molecular weight excluding hydrogens is 318 g/mol. The maximum absolute atomic E-state index is 12.6. The fraction of sp³-hybridized carbons (Fsp3) is 0.278. The summed E-state index contributed by atoms with van der Waals surface area (Å²) in [5.74, 6) is 0.622. The van der Waals surface area contributed by atoms with Crippen LogP contribution in [-0.2, 0) is 27.2 Å². The Bertz CT molecular complexity index is 1040. The predicted molar refractivity (Wildman–Crippen MR) is 99.0 cm³/mol. The monoisotopic (exact) mass is 339 g/mol. The first-order valence-electron chi connectivity index (χ1n) is 7.98. The second-order valence-electron chi connectivity index (χ2n) is 6.03. The highest BCUT2D eigenvalue weighted by Gasteiger charge is 2.20. The number of hydrogen-bond acceptors (Lipinski definition) is 4. The van der Waals surface area contributed by atoms with Gasteiger partial charge in [-0.3, -0.25) is 13.9 Å². The van der Waals surface area contributed by atoms with Crippen LogP contribution < -0.4 is 16.1 Å². The van der Waals surface area contributed by atoms with Crippen LogP contribution in [0.3, 0.4) is 0 Å². The highest BCUT2D eigenvalue weighted by atomic mass is 16.2. The number of allylic oxidation sites excluding steroid dienone is 1. The van der Waals surface area contributed by atoms with E-state index in [1.54, 1.807) is 17.7 Å². The van der Waals surface area contributed by atoms with Crippen molar-refractivity contribution in [2.45, 2.75) is 13.1 Å². The summed E-state index contributed by atoms with van der Waals surface area (Å²) in [4.78, 5) is 31.4. The Kier molecular flexibility index (Phi) is 4.31. The molecule has 2 aromatic heterocycles. The van der Waals surface area contributed by atoms with E-state index < -0.39 is 5.69 Å². The number of hydrogen-bond donors (Lipinski definition) is 0. The molecule has 0 saturated heterocycles. The van der Waals surface area contributed by atoms with Crippen molar-refractivity contribution < 1.29 is 0 Å². The fourth-order valence-corrected chi connectivity index (χ4v) is 2.96. The molecule has 3 rings (SSSR count). The summed E-state index contributed by atoms with van der Waals surface area (Å²) in [6.45, 7) is 4.84. The number of fused-ring (bicyclic) bond motifs is 1. The number of benzene rings is 1. The first-order chi connectivity index (χ1) is 12.0. The number of aryl methyl sites for hydroxylation is 1. The van der Waals surface area contributed by atoms with Gasteiger partial charge in [0.15, 0.2) is 11.2 Å². The number of anilines is 1. The predicted octanol–water partition coefficient (Wildman–Crippen LogP) is 1.26. The molecule has 0 amide bonds. The molecule has 7 heteroatoms. The molecule has 0 aliphatic heterocycles. The van der Waals surface area contributed by atoms with E-state index in [1.807, 2.05) is 42.3 Å². The third kappa shape index (κ3) is 2.77. The van der Waals surface area contributed by atoms with Gasteiger partial charge in [-0.05, 0) is 5.56 Å². The lowest BCUT2D eigenvalue weighted by Gasteiger charge is -2.19. The maximum atomic E-state index is 12.6. The number of imidazole rings is 1. The molecule has 7 nitrogen and oxygen atoms in total. The SMILES string of the molecule is C=CCn1c(N(C)Cc2ccccc2)nc2c1c(=O)n(C)c(=O)n2C. The van der Waals surface area contributed by atoms with Gasteiger partial charge in [0.05, 0.1) is 0 Å². The van der Waals surface area contributed by atoms with E-state index in [-0.39, 0.29) is 5.56 Å². The second-order valence-corrected chi connectivity index (χ2v) is 6.03. The van der Waals surface area contributed by atoms with Crippen LogP contribution in [0.1, 0.15) is 5.56 Å². The van der Waals surface area contributed by atoms with Crippen LogP contribution in [0.4, 0.5) is 5.95 Å². The van der Waals surface area contributed by atoms with Gasteiger partial charge in [-0.1, -0.05) is 36.4 Å². The number of aromatic nitrogens is 4. The lowest BCUT2D eigenvalue weighted by Crippen LogP contribution is -2.37. The van der Waals surface area contributed by atoms with Gasteiger partial charge in [0.2, 0.25) is 5.95 Å². The molecule has 3 aromatic rings. The minimum atomic E-state index is -0.391. The third-order valence-corrected chi connectivity index (χ3v) is 4.24. The summed E-state index contributed by atoms with van der Waals surface area (Å²) < 4.78 is 4.30.